The summed E-state index contributed by atoms with van der Waals surface area (Å²) in [5.41, 5.74) is 4.84. The average Bonchev–Trinajstić information content (AvgIpc) is 2.72. The number of nitrogens with zero attached hydrogens (tertiary/aromatic N) is 1. The topological polar surface area (TPSA) is 20.3 Å². The van der Waals surface area contributed by atoms with Crippen LogP contribution in [0.1, 0.15) is 52.4 Å². The second-order valence-corrected chi connectivity index (χ2v) is 6.05. The number of hydrogen-bond acceptors (Lipinski definition) is 1. The van der Waals surface area contributed by atoms with Gasteiger partial charge < -0.3 is 4.90 Å². The second-order valence-electron chi connectivity index (χ2n) is 6.05. The maximum Gasteiger partial charge on any atom is 0.255 e. The van der Waals surface area contributed by atoms with E-state index in [0.29, 0.717) is 0 Å². The van der Waals surface area contributed by atoms with Crippen LogP contribution >= 0.6 is 0 Å². The molecule has 1 unspecified atom stereocenters. The third-order valence-corrected chi connectivity index (χ3v) is 4.81. The van der Waals surface area contributed by atoms with Crippen molar-refractivity contribution in [2.45, 2.75) is 38.3 Å². The van der Waals surface area contributed by atoms with Gasteiger partial charge in [0.15, 0.2) is 0 Å². The summed E-state index contributed by atoms with van der Waals surface area (Å²) in [4.78, 5) is 14.8. The largest absolute Gasteiger partial charge is 0.327 e. The highest BCUT2D eigenvalue weighted by atomic mass is 16.2. The molecule has 0 N–H and O–H groups in total. The van der Waals surface area contributed by atoms with E-state index < -0.39 is 0 Å². The molecule has 0 radical (unpaired) electrons. The third-order valence-electron chi connectivity index (χ3n) is 4.81. The van der Waals surface area contributed by atoms with Gasteiger partial charge in [0.2, 0.25) is 0 Å². The number of carbonyl (C=O) groups is 1. The fraction of sp³-hybridized carbons (Fsp3) is 0.316. The monoisotopic (exact) mass is 277 g/mol. The summed E-state index contributed by atoms with van der Waals surface area (Å²) in [5, 5.41) is 0. The number of rotatable bonds is 1. The highest BCUT2D eigenvalue weighted by Crippen LogP contribution is 2.37. The molecule has 0 bridgehead atoms. The van der Waals surface area contributed by atoms with Gasteiger partial charge in [-0.1, -0.05) is 48.9 Å². The van der Waals surface area contributed by atoms with E-state index in [2.05, 4.69) is 35.2 Å². The predicted octanol–water partition coefficient (Wildman–Crippen LogP) is 4.11. The number of carbonyl (C=O) groups excluding carboxylic acids is 1. The highest BCUT2D eigenvalue weighted by Gasteiger charge is 2.34. The van der Waals surface area contributed by atoms with Crippen molar-refractivity contribution in [1.29, 1.82) is 0 Å². The van der Waals surface area contributed by atoms with E-state index in [0.717, 1.165) is 24.9 Å². The first-order chi connectivity index (χ1) is 10.3. The first kappa shape index (κ1) is 12.6. The Morgan fingerprint density at radius 2 is 1.67 bits per heavy atom. The quantitative estimate of drug-likeness (QED) is 0.718. The van der Waals surface area contributed by atoms with E-state index in [1.165, 1.54) is 29.5 Å². The van der Waals surface area contributed by atoms with Gasteiger partial charge in [-0.25, -0.2) is 0 Å². The minimum atomic E-state index is 0.201. The molecule has 2 aromatic rings. The van der Waals surface area contributed by atoms with E-state index in [4.69, 9.17) is 0 Å². The van der Waals surface area contributed by atoms with Crippen LogP contribution in [0.4, 0.5) is 0 Å². The lowest BCUT2D eigenvalue weighted by Crippen LogP contribution is -2.29. The molecule has 2 nitrogen and oxygen atoms in total. The lowest BCUT2D eigenvalue weighted by molar-refractivity contribution is 0.0691. The van der Waals surface area contributed by atoms with E-state index in [1.54, 1.807) is 0 Å². The molecule has 4 rings (SSSR count). The zero-order chi connectivity index (χ0) is 14.2. The molecule has 0 saturated heterocycles. The van der Waals surface area contributed by atoms with Crippen LogP contribution in [0.5, 0.6) is 0 Å². The van der Waals surface area contributed by atoms with Gasteiger partial charge in [-0.3, -0.25) is 4.79 Å². The number of benzene rings is 2. The molecule has 1 aliphatic carbocycles. The van der Waals surface area contributed by atoms with Gasteiger partial charge in [-0.2, -0.15) is 0 Å². The van der Waals surface area contributed by atoms with Crippen molar-refractivity contribution < 1.29 is 4.79 Å². The lowest BCUT2D eigenvalue weighted by atomic mass is 9.98. The molecule has 1 aliphatic heterocycles. The molecule has 1 atom stereocenters. The van der Waals surface area contributed by atoms with Crippen molar-refractivity contribution >= 4 is 5.91 Å². The van der Waals surface area contributed by atoms with Crippen LogP contribution in [0.25, 0.3) is 0 Å². The van der Waals surface area contributed by atoms with Crippen molar-refractivity contribution in [1.82, 2.24) is 4.90 Å². The standard InChI is InChI=1S/C19H19NO/c21-19-17-11-5-2-9-15(17)13-20(19)18-12-6-3-8-14-7-1-4-10-16(14)18/h1-2,4-5,7,9-11,18H,3,6,8,12-13H2. The molecule has 2 heteroatoms. The average molecular weight is 277 g/mol. The van der Waals surface area contributed by atoms with Gasteiger partial charge in [0, 0.05) is 12.1 Å². The Morgan fingerprint density at radius 3 is 2.52 bits per heavy atom. The Balaban J connectivity index is 1.73. The summed E-state index contributed by atoms with van der Waals surface area (Å²) in [6.45, 7) is 0.758. The van der Waals surface area contributed by atoms with E-state index in [-0.39, 0.29) is 11.9 Å². The SMILES string of the molecule is O=C1c2ccccc2CN1C1CCCCc2ccccc21. The molecule has 0 saturated carbocycles. The van der Waals surface area contributed by atoms with Crippen LogP contribution in [-0.2, 0) is 13.0 Å². The van der Waals surface area contributed by atoms with Gasteiger partial charge in [-0.15, -0.1) is 0 Å². The molecule has 21 heavy (non-hydrogen) atoms. The summed E-state index contributed by atoms with van der Waals surface area (Å²) in [6.07, 6.45) is 4.64. The molecule has 2 aromatic carbocycles. The normalized spacial score (nSPS) is 20.9. The second kappa shape index (κ2) is 5.03. The van der Waals surface area contributed by atoms with Crippen LogP contribution < -0.4 is 0 Å². The number of aryl methyl sites for hydroxylation is 1. The van der Waals surface area contributed by atoms with E-state index in [9.17, 15) is 4.79 Å². The zero-order valence-electron chi connectivity index (χ0n) is 12.1. The lowest BCUT2D eigenvalue weighted by Gasteiger charge is -2.28. The van der Waals surface area contributed by atoms with Crippen LogP contribution in [0, 0.1) is 0 Å². The van der Waals surface area contributed by atoms with Gasteiger partial charge in [0.25, 0.3) is 5.91 Å². The minimum absolute atomic E-state index is 0.201. The van der Waals surface area contributed by atoms with Gasteiger partial charge >= 0.3 is 0 Å². The van der Waals surface area contributed by atoms with Crippen LogP contribution in [0.3, 0.4) is 0 Å². The first-order valence-corrected chi connectivity index (χ1v) is 7.81. The van der Waals surface area contributed by atoms with Gasteiger partial charge in [-0.05, 0) is 42.0 Å². The van der Waals surface area contributed by atoms with Crippen molar-refractivity contribution in [2.75, 3.05) is 0 Å². The highest BCUT2D eigenvalue weighted by molar-refractivity contribution is 5.98. The molecule has 106 valence electrons. The first-order valence-electron chi connectivity index (χ1n) is 7.81. The van der Waals surface area contributed by atoms with Crippen LogP contribution in [0.15, 0.2) is 48.5 Å². The van der Waals surface area contributed by atoms with Crippen molar-refractivity contribution in [3.63, 3.8) is 0 Å². The molecule has 2 aliphatic rings. The molecular weight excluding hydrogens is 258 g/mol. The van der Waals surface area contributed by atoms with E-state index in [1.807, 2.05) is 18.2 Å². The molecular formula is C19H19NO. The molecule has 0 spiro atoms. The summed E-state index contributed by atoms with van der Waals surface area (Å²) >= 11 is 0. The maximum absolute atomic E-state index is 12.7. The molecule has 0 aromatic heterocycles. The van der Waals surface area contributed by atoms with Crippen molar-refractivity contribution in [3.8, 4) is 0 Å². The van der Waals surface area contributed by atoms with Crippen molar-refractivity contribution in [3.05, 3.63) is 70.8 Å². The Bertz CT molecular complexity index is 691. The summed E-state index contributed by atoms with van der Waals surface area (Å²) in [5.74, 6) is 0.201. The molecule has 1 amide bonds. The summed E-state index contributed by atoms with van der Waals surface area (Å²) in [6, 6.07) is 16.9. The van der Waals surface area contributed by atoms with Gasteiger partial charge in [0.1, 0.15) is 0 Å². The Morgan fingerprint density at radius 1 is 0.905 bits per heavy atom. The van der Waals surface area contributed by atoms with Gasteiger partial charge in [0.05, 0.1) is 6.04 Å². The Labute approximate surface area is 125 Å². The third kappa shape index (κ3) is 2.06. The maximum atomic E-state index is 12.7. The van der Waals surface area contributed by atoms with Crippen molar-refractivity contribution in [2.24, 2.45) is 0 Å². The molecule has 1 heterocycles. The number of hydrogen-bond donors (Lipinski definition) is 0. The smallest absolute Gasteiger partial charge is 0.255 e. The number of amides is 1. The van der Waals surface area contributed by atoms with Crippen LogP contribution in [-0.4, -0.2) is 10.8 Å². The summed E-state index contributed by atoms with van der Waals surface area (Å²) in [7, 11) is 0. The Kier molecular flexibility index (Phi) is 3.03. The fourth-order valence-electron chi connectivity index (χ4n) is 3.75. The zero-order valence-corrected chi connectivity index (χ0v) is 12.1. The number of fused-ring (bicyclic) bond motifs is 2. The Hall–Kier alpha value is -2.09. The fourth-order valence-corrected chi connectivity index (χ4v) is 3.75. The molecule has 0 fully saturated rings. The van der Waals surface area contributed by atoms with Crippen LogP contribution in [0.2, 0.25) is 0 Å². The minimum Gasteiger partial charge on any atom is -0.327 e. The summed E-state index contributed by atoms with van der Waals surface area (Å²) < 4.78 is 0. The predicted molar refractivity (Wildman–Crippen MR) is 83.1 cm³/mol. The van der Waals surface area contributed by atoms with E-state index >= 15 is 0 Å².